The van der Waals surface area contributed by atoms with Crippen LogP contribution >= 0.6 is 0 Å². The Morgan fingerprint density at radius 2 is 1.68 bits per heavy atom. The second kappa shape index (κ2) is 8.65. The predicted octanol–water partition coefficient (Wildman–Crippen LogP) is 3.29. The fourth-order valence-corrected chi connectivity index (χ4v) is 4.83. The molecule has 1 aliphatic heterocycles. The maximum absolute atomic E-state index is 13.0. The van der Waals surface area contributed by atoms with Gasteiger partial charge >= 0.3 is 0 Å². The van der Waals surface area contributed by atoms with E-state index in [0.717, 1.165) is 25.9 Å². The SMILES string of the molecule is CCN(c1ccccc1)S(=O)(=O)c1ccc(O[C@H](C)C(=O)N2CCCC2)cc1. The van der Waals surface area contributed by atoms with Gasteiger partial charge < -0.3 is 9.64 Å². The fourth-order valence-electron chi connectivity index (χ4n) is 3.35. The number of likely N-dealkylation sites (tertiary alicyclic amines) is 1. The number of hydrogen-bond acceptors (Lipinski definition) is 4. The van der Waals surface area contributed by atoms with Gasteiger partial charge in [-0.2, -0.15) is 0 Å². The molecule has 1 heterocycles. The van der Waals surface area contributed by atoms with Crippen molar-refractivity contribution in [3.63, 3.8) is 0 Å². The zero-order chi connectivity index (χ0) is 20.1. The molecule has 0 aliphatic carbocycles. The number of para-hydroxylation sites is 1. The molecule has 28 heavy (non-hydrogen) atoms. The standard InChI is InChI=1S/C21H26N2O4S/c1-3-23(18-9-5-4-6-10-18)28(25,26)20-13-11-19(12-14-20)27-17(2)21(24)22-15-7-8-16-22/h4-6,9-14,17H,3,7-8,15-16H2,1-2H3/t17-/m1/s1. The van der Waals surface area contributed by atoms with Crippen molar-refractivity contribution in [2.45, 2.75) is 37.7 Å². The molecule has 2 aromatic rings. The summed E-state index contributed by atoms with van der Waals surface area (Å²) in [5.74, 6) is 0.442. The normalized spacial score (nSPS) is 15.3. The highest BCUT2D eigenvalue weighted by atomic mass is 32.2. The maximum atomic E-state index is 13.0. The maximum Gasteiger partial charge on any atom is 0.264 e. The van der Waals surface area contributed by atoms with E-state index < -0.39 is 16.1 Å². The van der Waals surface area contributed by atoms with Gasteiger partial charge in [-0.25, -0.2) is 8.42 Å². The summed E-state index contributed by atoms with van der Waals surface area (Å²) in [4.78, 5) is 14.4. The number of anilines is 1. The lowest BCUT2D eigenvalue weighted by molar-refractivity contribution is -0.136. The summed E-state index contributed by atoms with van der Waals surface area (Å²) in [5.41, 5.74) is 0.621. The molecule has 0 saturated carbocycles. The van der Waals surface area contributed by atoms with Crippen molar-refractivity contribution in [3.8, 4) is 5.75 Å². The van der Waals surface area contributed by atoms with E-state index in [4.69, 9.17) is 4.74 Å². The summed E-state index contributed by atoms with van der Waals surface area (Å²) >= 11 is 0. The molecule has 150 valence electrons. The van der Waals surface area contributed by atoms with Crippen molar-refractivity contribution in [3.05, 3.63) is 54.6 Å². The summed E-state index contributed by atoms with van der Waals surface area (Å²) in [6.45, 7) is 5.39. The Kier molecular flexibility index (Phi) is 6.24. The Labute approximate surface area is 166 Å². The number of amides is 1. The number of benzene rings is 2. The topological polar surface area (TPSA) is 66.9 Å². The highest BCUT2D eigenvalue weighted by Crippen LogP contribution is 2.25. The van der Waals surface area contributed by atoms with Crippen molar-refractivity contribution < 1.29 is 17.9 Å². The lowest BCUT2D eigenvalue weighted by Crippen LogP contribution is -2.38. The van der Waals surface area contributed by atoms with Gasteiger partial charge in [-0.05, 0) is 63.1 Å². The smallest absolute Gasteiger partial charge is 0.264 e. The predicted molar refractivity (Wildman–Crippen MR) is 109 cm³/mol. The Bertz CT molecular complexity index is 892. The van der Waals surface area contributed by atoms with Crippen LogP contribution in [0.25, 0.3) is 0 Å². The third-order valence-corrected chi connectivity index (χ3v) is 6.74. The molecule has 3 rings (SSSR count). The summed E-state index contributed by atoms with van der Waals surface area (Å²) < 4.78 is 33.1. The average molecular weight is 403 g/mol. The lowest BCUT2D eigenvalue weighted by Gasteiger charge is -2.23. The third kappa shape index (κ3) is 4.30. The highest BCUT2D eigenvalue weighted by molar-refractivity contribution is 7.92. The van der Waals surface area contributed by atoms with Gasteiger partial charge in [0.15, 0.2) is 6.10 Å². The Hall–Kier alpha value is -2.54. The first-order valence-corrected chi connectivity index (χ1v) is 11.0. The van der Waals surface area contributed by atoms with Crippen molar-refractivity contribution in [2.75, 3.05) is 23.9 Å². The molecule has 7 heteroatoms. The molecule has 1 amide bonds. The van der Waals surface area contributed by atoms with Crippen molar-refractivity contribution in [1.29, 1.82) is 0 Å². The Morgan fingerprint density at radius 3 is 2.25 bits per heavy atom. The molecule has 0 aromatic heterocycles. The van der Waals surface area contributed by atoms with Gasteiger partial charge in [-0.3, -0.25) is 9.10 Å². The van der Waals surface area contributed by atoms with Gasteiger partial charge in [0.1, 0.15) is 5.75 Å². The molecule has 0 radical (unpaired) electrons. The zero-order valence-corrected chi connectivity index (χ0v) is 17.1. The number of hydrogen-bond donors (Lipinski definition) is 0. The first-order chi connectivity index (χ1) is 13.4. The number of nitrogens with zero attached hydrogens (tertiary/aromatic N) is 2. The summed E-state index contributed by atoms with van der Waals surface area (Å²) in [6, 6.07) is 15.2. The van der Waals surface area contributed by atoms with Crippen LogP contribution in [0.4, 0.5) is 5.69 Å². The van der Waals surface area contributed by atoms with E-state index in [2.05, 4.69) is 0 Å². The minimum absolute atomic E-state index is 0.0320. The van der Waals surface area contributed by atoms with Gasteiger partial charge in [0.25, 0.3) is 15.9 Å². The Morgan fingerprint density at radius 1 is 1.07 bits per heavy atom. The Balaban J connectivity index is 1.73. The molecule has 1 atom stereocenters. The van der Waals surface area contributed by atoms with Crippen LogP contribution in [-0.4, -0.2) is 45.0 Å². The summed E-state index contributed by atoms with van der Waals surface area (Å²) in [7, 11) is -3.68. The first kappa shape index (κ1) is 20.2. The molecule has 0 unspecified atom stereocenters. The van der Waals surface area contributed by atoms with Crippen molar-refractivity contribution in [2.24, 2.45) is 0 Å². The molecule has 6 nitrogen and oxygen atoms in total. The summed E-state index contributed by atoms with van der Waals surface area (Å²) in [5, 5.41) is 0. The number of sulfonamides is 1. The van der Waals surface area contributed by atoms with E-state index in [1.54, 1.807) is 38.1 Å². The molecule has 1 aliphatic rings. The second-order valence-corrected chi connectivity index (χ2v) is 8.63. The molecule has 0 N–H and O–H groups in total. The van der Waals surface area contributed by atoms with E-state index in [1.165, 1.54) is 16.4 Å². The minimum atomic E-state index is -3.68. The summed E-state index contributed by atoms with van der Waals surface area (Å²) in [6.07, 6.45) is 1.46. The largest absolute Gasteiger partial charge is 0.481 e. The number of carbonyl (C=O) groups is 1. The van der Waals surface area contributed by atoms with Crippen LogP contribution in [0.3, 0.4) is 0 Å². The molecular weight excluding hydrogens is 376 g/mol. The van der Waals surface area contributed by atoms with Gasteiger partial charge in [0.05, 0.1) is 10.6 Å². The number of rotatable bonds is 7. The fraction of sp³-hybridized carbons (Fsp3) is 0.381. The highest BCUT2D eigenvalue weighted by Gasteiger charge is 2.26. The average Bonchev–Trinajstić information content (AvgIpc) is 3.24. The molecule has 0 spiro atoms. The van der Waals surface area contributed by atoms with Gasteiger partial charge in [0.2, 0.25) is 0 Å². The molecular formula is C21H26N2O4S. The van der Waals surface area contributed by atoms with Crippen LogP contribution in [0, 0.1) is 0 Å². The van der Waals surface area contributed by atoms with E-state index in [-0.39, 0.29) is 10.8 Å². The van der Waals surface area contributed by atoms with Crippen LogP contribution in [-0.2, 0) is 14.8 Å². The number of ether oxygens (including phenoxy) is 1. The zero-order valence-electron chi connectivity index (χ0n) is 16.2. The van der Waals surface area contributed by atoms with Crippen LogP contribution in [0.15, 0.2) is 59.5 Å². The number of carbonyl (C=O) groups excluding carboxylic acids is 1. The van der Waals surface area contributed by atoms with E-state index >= 15 is 0 Å². The van der Waals surface area contributed by atoms with Crippen LogP contribution in [0.5, 0.6) is 5.75 Å². The van der Waals surface area contributed by atoms with Gasteiger partial charge in [-0.1, -0.05) is 18.2 Å². The molecule has 2 aromatic carbocycles. The first-order valence-electron chi connectivity index (χ1n) is 9.57. The lowest BCUT2D eigenvalue weighted by atomic mass is 10.3. The van der Waals surface area contributed by atoms with Gasteiger partial charge in [-0.15, -0.1) is 0 Å². The monoisotopic (exact) mass is 402 g/mol. The van der Waals surface area contributed by atoms with Crippen molar-refractivity contribution >= 4 is 21.6 Å². The second-order valence-electron chi connectivity index (χ2n) is 6.77. The van der Waals surface area contributed by atoms with Crippen LogP contribution in [0.1, 0.15) is 26.7 Å². The van der Waals surface area contributed by atoms with E-state index in [0.29, 0.717) is 18.0 Å². The van der Waals surface area contributed by atoms with Gasteiger partial charge in [0, 0.05) is 19.6 Å². The quantitative estimate of drug-likeness (QED) is 0.713. The molecule has 1 saturated heterocycles. The van der Waals surface area contributed by atoms with Crippen LogP contribution < -0.4 is 9.04 Å². The third-order valence-electron chi connectivity index (χ3n) is 4.82. The minimum Gasteiger partial charge on any atom is -0.481 e. The van der Waals surface area contributed by atoms with E-state index in [1.807, 2.05) is 23.1 Å². The van der Waals surface area contributed by atoms with E-state index in [9.17, 15) is 13.2 Å². The van der Waals surface area contributed by atoms with Crippen molar-refractivity contribution in [1.82, 2.24) is 4.90 Å². The molecule has 0 bridgehead atoms. The molecule has 1 fully saturated rings. The van der Waals surface area contributed by atoms with Crippen LogP contribution in [0.2, 0.25) is 0 Å².